The normalized spacial score (nSPS) is 15.1. The fraction of sp³-hybridized carbons (Fsp3) is 0.583. The van der Waals surface area contributed by atoms with Gasteiger partial charge < -0.3 is 15.8 Å². The van der Waals surface area contributed by atoms with E-state index in [0.717, 1.165) is 4.88 Å². The summed E-state index contributed by atoms with van der Waals surface area (Å²) < 4.78 is 5.17. The first-order valence-electron chi connectivity index (χ1n) is 5.58. The molecule has 1 aromatic rings. The lowest BCUT2D eigenvalue weighted by atomic mass is 10.1. The number of nitrogens with two attached hydrogens (primary N) is 1. The summed E-state index contributed by atoms with van der Waals surface area (Å²) in [5.41, 5.74) is 5.55. The van der Waals surface area contributed by atoms with Crippen LogP contribution in [-0.2, 0) is 4.74 Å². The number of carbonyl (C=O) groups is 1. The van der Waals surface area contributed by atoms with E-state index in [9.17, 15) is 4.79 Å². The van der Waals surface area contributed by atoms with Crippen LogP contribution in [0.2, 0.25) is 0 Å². The fourth-order valence-electron chi connectivity index (χ4n) is 1.31. The van der Waals surface area contributed by atoms with Crippen LogP contribution in [0, 0.1) is 0 Å². The Balaban J connectivity index is 2.49. The van der Waals surface area contributed by atoms with Gasteiger partial charge >= 0.3 is 6.09 Å². The third-order valence-corrected chi connectivity index (χ3v) is 3.13. The van der Waals surface area contributed by atoms with E-state index in [4.69, 9.17) is 10.5 Å². The van der Waals surface area contributed by atoms with Gasteiger partial charge in [-0.25, -0.2) is 4.79 Å². The zero-order valence-electron chi connectivity index (χ0n) is 10.7. The average Bonchev–Trinajstić information content (AvgIpc) is 2.65. The van der Waals surface area contributed by atoms with Crippen LogP contribution >= 0.6 is 11.3 Å². The fourth-order valence-corrected chi connectivity index (χ4v) is 2.14. The van der Waals surface area contributed by atoms with Crippen molar-refractivity contribution in [2.45, 2.75) is 45.4 Å². The molecule has 2 atom stereocenters. The summed E-state index contributed by atoms with van der Waals surface area (Å²) in [5, 5.41) is 4.71. The third kappa shape index (κ3) is 4.75. The molecule has 0 fully saturated rings. The van der Waals surface area contributed by atoms with Gasteiger partial charge in [-0.2, -0.15) is 0 Å². The highest BCUT2D eigenvalue weighted by molar-refractivity contribution is 7.10. The molecule has 3 N–H and O–H groups in total. The predicted molar refractivity (Wildman–Crippen MR) is 70.1 cm³/mol. The summed E-state index contributed by atoms with van der Waals surface area (Å²) in [6, 6.07) is 3.54. The Labute approximate surface area is 106 Å². The average molecular weight is 256 g/mol. The standard InChI is InChI=1S/C12H20N2O2S/c1-8(10(13)9-6-5-7-17-9)14-11(15)16-12(2,3)4/h5-8,10H,13H2,1-4H3,(H,14,15)/t8-,10-/m0/s1. The molecule has 1 amide bonds. The number of nitrogens with one attached hydrogen (secondary N) is 1. The number of alkyl carbamates (subject to hydrolysis) is 1. The van der Waals surface area contributed by atoms with Crippen molar-refractivity contribution in [2.75, 3.05) is 0 Å². The first kappa shape index (κ1) is 14.0. The zero-order valence-corrected chi connectivity index (χ0v) is 11.5. The second kappa shape index (κ2) is 5.51. The lowest BCUT2D eigenvalue weighted by molar-refractivity contribution is 0.0502. The number of hydrogen-bond acceptors (Lipinski definition) is 4. The Morgan fingerprint density at radius 1 is 1.53 bits per heavy atom. The minimum Gasteiger partial charge on any atom is -0.444 e. The van der Waals surface area contributed by atoms with Gasteiger partial charge in [0.2, 0.25) is 0 Å². The maximum Gasteiger partial charge on any atom is 0.407 e. The van der Waals surface area contributed by atoms with Gasteiger partial charge in [0.25, 0.3) is 0 Å². The molecule has 5 heteroatoms. The lowest BCUT2D eigenvalue weighted by Gasteiger charge is -2.24. The molecule has 0 aliphatic rings. The van der Waals surface area contributed by atoms with Crippen LogP contribution in [0.15, 0.2) is 17.5 Å². The molecule has 0 saturated heterocycles. The molecule has 0 spiro atoms. The van der Waals surface area contributed by atoms with Crippen LogP contribution in [0.25, 0.3) is 0 Å². The molecule has 0 unspecified atom stereocenters. The first-order chi connectivity index (χ1) is 7.79. The van der Waals surface area contributed by atoms with Crippen molar-refractivity contribution in [2.24, 2.45) is 5.73 Å². The van der Waals surface area contributed by atoms with Gasteiger partial charge in [-0.05, 0) is 39.1 Å². The van der Waals surface area contributed by atoms with E-state index in [1.165, 1.54) is 0 Å². The molecule has 0 aliphatic carbocycles. The minimum atomic E-state index is -0.489. The molecular formula is C12H20N2O2S. The number of rotatable bonds is 3. The van der Waals surface area contributed by atoms with E-state index >= 15 is 0 Å². The van der Waals surface area contributed by atoms with Crippen LogP contribution in [-0.4, -0.2) is 17.7 Å². The van der Waals surface area contributed by atoms with Crippen LogP contribution < -0.4 is 11.1 Å². The van der Waals surface area contributed by atoms with Crippen molar-refractivity contribution < 1.29 is 9.53 Å². The molecule has 1 heterocycles. The summed E-state index contributed by atoms with van der Waals surface area (Å²) >= 11 is 1.58. The highest BCUT2D eigenvalue weighted by Crippen LogP contribution is 2.19. The molecule has 0 radical (unpaired) electrons. The van der Waals surface area contributed by atoms with Gasteiger partial charge in [0.15, 0.2) is 0 Å². The van der Waals surface area contributed by atoms with Crippen molar-refractivity contribution in [1.29, 1.82) is 0 Å². The van der Waals surface area contributed by atoms with Crippen molar-refractivity contribution in [3.05, 3.63) is 22.4 Å². The van der Waals surface area contributed by atoms with Crippen molar-refractivity contribution >= 4 is 17.4 Å². The molecule has 1 rings (SSSR count). The first-order valence-corrected chi connectivity index (χ1v) is 6.46. The van der Waals surface area contributed by atoms with Crippen molar-refractivity contribution in [3.63, 3.8) is 0 Å². The summed E-state index contributed by atoms with van der Waals surface area (Å²) in [6.45, 7) is 7.36. The molecule has 0 bridgehead atoms. The monoisotopic (exact) mass is 256 g/mol. The summed E-state index contributed by atoms with van der Waals surface area (Å²) in [5.74, 6) is 0. The number of hydrogen-bond donors (Lipinski definition) is 2. The van der Waals surface area contributed by atoms with E-state index in [2.05, 4.69) is 5.32 Å². The van der Waals surface area contributed by atoms with Crippen LogP contribution in [0.1, 0.15) is 38.6 Å². The number of carbonyl (C=O) groups excluding carboxylic acids is 1. The smallest absolute Gasteiger partial charge is 0.407 e. The Bertz CT molecular complexity index is 357. The quantitative estimate of drug-likeness (QED) is 0.874. The van der Waals surface area contributed by atoms with Crippen molar-refractivity contribution in [3.8, 4) is 0 Å². The van der Waals surface area contributed by atoms with E-state index in [1.54, 1.807) is 11.3 Å². The second-order valence-electron chi connectivity index (χ2n) is 4.98. The Hall–Kier alpha value is -1.07. The maximum atomic E-state index is 11.6. The Morgan fingerprint density at radius 3 is 2.65 bits per heavy atom. The lowest BCUT2D eigenvalue weighted by Crippen LogP contribution is -2.42. The SMILES string of the molecule is C[C@H](NC(=O)OC(C)(C)C)[C@H](N)c1cccs1. The van der Waals surface area contributed by atoms with Gasteiger partial charge in [-0.1, -0.05) is 6.07 Å². The van der Waals surface area contributed by atoms with Gasteiger partial charge in [0, 0.05) is 10.9 Å². The largest absolute Gasteiger partial charge is 0.444 e. The zero-order chi connectivity index (χ0) is 13.1. The molecule has 0 aliphatic heterocycles. The van der Waals surface area contributed by atoms with Crippen molar-refractivity contribution in [1.82, 2.24) is 5.32 Å². The van der Waals surface area contributed by atoms with Gasteiger partial charge in [0.05, 0.1) is 6.04 Å². The number of amides is 1. The second-order valence-corrected chi connectivity index (χ2v) is 5.96. The highest BCUT2D eigenvalue weighted by Gasteiger charge is 2.21. The molecule has 0 aromatic carbocycles. The topological polar surface area (TPSA) is 64.3 Å². The third-order valence-electron chi connectivity index (χ3n) is 2.15. The van der Waals surface area contributed by atoms with E-state index in [1.807, 2.05) is 45.2 Å². The summed E-state index contributed by atoms with van der Waals surface area (Å²) in [6.07, 6.45) is -0.433. The van der Waals surface area contributed by atoms with E-state index < -0.39 is 11.7 Å². The van der Waals surface area contributed by atoms with Gasteiger partial charge in [0.1, 0.15) is 5.60 Å². The van der Waals surface area contributed by atoms with Crippen LogP contribution in [0.3, 0.4) is 0 Å². The molecule has 0 saturated carbocycles. The highest BCUT2D eigenvalue weighted by atomic mass is 32.1. The Kier molecular flexibility index (Phi) is 4.54. The minimum absolute atomic E-state index is 0.163. The summed E-state index contributed by atoms with van der Waals surface area (Å²) in [7, 11) is 0. The van der Waals surface area contributed by atoms with Gasteiger partial charge in [-0.15, -0.1) is 11.3 Å². The molecule has 17 heavy (non-hydrogen) atoms. The molecule has 4 nitrogen and oxygen atoms in total. The van der Waals surface area contributed by atoms with E-state index in [-0.39, 0.29) is 12.1 Å². The number of ether oxygens (including phenoxy) is 1. The molecule has 1 aromatic heterocycles. The molecular weight excluding hydrogens is 236 g/mol. The van der Waals surface area contributed by atoms with Gasteiger partial charge in [-0.3, -0.25) is 0 Å². The molecule has 96 valence electrons. The van der Waals surface area contributed by atoms with E-state index in [0.29, 0.717) is 0 Å². The predicted octanol–water partition coefficient (Wildman–Crippen LogP) is 2.66. The Morgan fingerprint density at radius 2 is 2.18 bits per heavy atom. The van der Waals surface area contributed by atoms with Crippen LogP contribution in [0.4, 0.5) is 4.79 Å². The number of thiophene rings is 1. The maximum absolute atomic E-state index is 11.6. The van der Waals surface area contributed by atoms with Crippen LogP contribution in [0.5, 0.6) is 0 Å². The summed E-state index contributed by atoms with van der Waals surface area (Å²) in [4.78, 5) is 12.6.